The monoisotopic (exact) mass is 359 g/mol. The van der Waals surface area contributed by atoms with Crippen molar-refractivity contribution in [1.29, 1.82) is 0 Å². The van der Waals surface area contributed by atoms with Crippen molar-refractivity contribution in [3.8, 4) is 0 Å². The van der Waals surface area contributed by atoms with E-state index in [0.29, 0.717) is 16.6 Å². The maximum absolute atomic E-state index is 12.4. The molecule has 1 amide bonds. The smallest absolute Gasteiger partial charge is 0.293 e. The van der Waals surface area contributed by atoms with Gasteiger partial charge >= 0.3 is 0 Å². The van der Waals surface area contributed by atoms with Crippen molar-refractivity contribution >= 4 is 34.1 Å². The first-order chi connectivity index (χ1) is 11.8. The third-order valence-electron chi connectivity index (χ3n) is 3.24. The maximum Gasteiger partial charge on any atom is 0.293 e. The third kappa shape index (κ3) is 4.24. The fourth-order valence-electron chi connectivity index (χ4n) is 2.10. The van der Waals surface area contributed by atoms with Crippen LogP contribution in [0.5, 0.6) is 0 Å². The summed E-state index contributed by atoms with van der Waals surface area (Å²) in [5.41, 5.74) is 0.861. The van der Waals surface area contributed by atoms with Gasteiger partial charge in [-0.1, -0.05) is 36.5 Å². The van der Waals surface area contributed by atoms with Gasteiger partial charge in [0.25, 0.3) is 5.91 Å². The fraction of sp³-hybridized carbons (Fsp3) is 0.235. The number of thioether (sulfide) groups is 1. The van der Waals surface area contributed by atoms with Crippen LogP contribution in [0.4, 0.5) is 5.13 Å². The van der Waals surface area contributed by atoms with Gasteiger partial charge in [-0.25, -0.2) is 0 Å². The number of furan rings is 1. The lowest BCUT2D eigenvalue weighted by molar-refractivity contribution is 0.0995. The number of amides is 1. The molecule has 24 heavy (non-hydrogen) atoms. The largest absolute Gasteiger partial charge is 0.459 e. The van der Waals surface area contributed by atoms with Gasteiger partial charge in [-0.2, -0.15) is 0 Å². The number of nitrogens with one attached hydrogen (secondary N) is 1. The first-order valence-electron chi connectivity index (χ1n) is 7.64. The standard InChI is InChI=1S/C17H17N3O2S2/c1-2-6-14-19-20-17(24-14)18-16(21)15-12(9-10-22-15)11-23-13-7-4-3-5-8-13/h3-5,7-10H,2,6,11H2,1H3,(H,18,20,21). The van der Waals surface area contributed by atoms with Crippen LogP contribution in [0.3, 0.4) is 0 Å². The Balaban J connectivity index is 1.64. The number of hydrogen-bond donors (Lipinski definition) is 1. The van der Waals surface area contributed by atoms with Gasteiger partial charge in [-0.05, 0) is 24.6 Å². The number of anilines is 1. The molecule has 1 aromatic carbocycles. The first-order valence-corrected chi connectivity index (χ1v) is 9.44. The van der Waals surface area contributed by atoms with Crippen LogP contribution >= 0.6 is 23.1 Å². The SMILES string of the molecule is CCCc1nnc(NC(=O)c2occc2CSc2ccccc2)s1. The summed E-state index contributed by atoms with van der Waals surface area (Å²) in [6, 6.07) is 11.9. The second-order valence-electron chi connectivity index (χ2n) is 5.08. The average Bonchev–Trinajstić information content (AvgIpc) is 3.23. The van der Waals surface area contributed by atoms with Crippen LogP contribution in [0.15, 0.2) is 52.0 Å². The van der Waals surface area contributed by atoms with E-state index in [1.165, 1.54) is 11.3 Å². The number of benzene rings is 1. The molecule has 0 aliphatic rings. The molecule has 0 fully saturated rings. The summed E-state index contributed by atoms with van der Waals surface area (Å²) in [7, 11) is 0. The molecule has 0 atom stereocenters. The number of rotatable bonds is 7. The molecular formula is C17H17N3O2S2. The van der Waals surface area contributed by atoms with Gasteiger partial charge < -0.3 is 4.42 Å². The normalized spacial score (nSPS) is 10.7. The molecule has 0 aliphatic heterocycles. The Morgan fingerprint density at radius 2 is 2.08 bits per heavy atom. The van der Waals surface area contributed by atoms with Gasteiger partial charge in [0.1, 0.15) is 5.01 Å². The highest BCUT2D eigenvalue weighted by Crippen LogP contribution is 2.25. The van der Waals surface area contributed by atoms with E-state index in [1.807, 2.05) is 36.4 Å². The quantitative estimate of drug-likeness (QED) is 0.623. The van der Waals surface area contributed by atoms with E-state index >= 15 is 0 Å². The molecule has 0 saturated heterocycles. The van der Waals surface area contributed by atoms with Crippen LogP contribution in [0.1, 0.15) is 34.5 Å². The van der Waals surface area contributed by atoms with Crippen LogP contribution in [-0.2, 0) is 12.2 Å². The number of aromatic nitrogens is 2. The van der Waals surface area contributed by atoms with E-state index in [-0.39, 0.29) is 5.91 Å². The summed E-state index contributed by atoms with van der Waals surface area (Å²) in [5, 5.41) is 12.2. The molecule has 2 aromatic heterocycles. The molecular weight excluding hydrogens is 342 g/mol. The van der Waals surface area contributed by atoms with Gasteiger partial charge in [-0.15, -0.1) is 22.0 Å². The molecule has 0 bridgehead atoms. The minimum atomic E-state index is -0.289. The maximum atomic E-state index is 12.4. The summed E-state index contributed by atoms with van der Waals surface area (Å²) in [4.78, 5) is 13.6. The van der Waals surface area contributed by atoms with Crippen LogP contribution in [0.2, 0.25) is 0 Å². The third-order valence-corrected chi connectivity index (χ3v) is 5.20. The Morgan fingerprint density at radius 1 is 1.25 bits per heavy atom. The summed E-state index contributed by atoms with van der Waals surface area (Å²) >= 11 is 3.06. The predicted octanol–water partition coefficient (Wildman–Crippen LogP) is 4.63. The second kappa shape index (κ2) is 8.12. The van der Waals surface area contributed by atoms with Gasteiger partial charge in [0, 0.05) is 22.6 Å². The Hall–Kier alpha value is -2.12. The summed E-state index contributed by atoms with van der Waals surface area (Å²) < 4.78 is 5.37. The van der Waals surface area contributed by atoms with Crippen molar-refractivity contribution in [3.63, 3.8) is 0 Å². The van der Waals surface area contributed by atoms with E-state index in [1.54, 1.807) is 18.0 Å². The van der Waals surface area contributed by atoms with Crippen molar-refractivity contribution < 1.29 is 9.21 Å². The zero-order chi connectivity index (χ0) is 16.8. The van der Waals surface area contributed by atoms with Gasteiger partial charge in [0.15, 0.2) is 5.76 Å². The van der Waals surface area contributed by atoms with E-state index in [9.17, 15) is 4.79 Å². The summed E-state index contributed by atoms with van der Waals surface area (Å²) in [5.74, 6) is 0.703. The lowest BCUT2D eigenvalue weighted by Crippen LogP contribution is -2.12. The lowest BCUT2D eigenvalue weighted by Gasteiger charge is -2.03. The minimum Gasteiger partial charge on any atom is -0.459 e. The molecule has 3 aromatic rings. The van der Waals surface area contributed by atoms with E-state index in [4.69, 9.17) is 4.42 Å². The highest BCUT2D eigenvalue weighted by atomic mass is 32.2. The average molecular weight is 359 g/mol. The van der Waals surface area contributed by atoms with Crippen molar-refractivity contribution in [2.45, 2.75) is 30.4 Å². The molecule has 0 saturated carbocycles. The molecule has 2 heterocycles. The van der Waals surface area contributed by atoms with Gasteiger partial charge in [-0.3, -0.25) is 10.1 Å². The van der Waals surface area contributed by atoms with Gasteiger partial charge in [0.2, 0.25) is 5.13 Å². The number of nitrogens with zero attached hydrogens (tertiary/aromatic N) is 2. The lowest BCUT2D eigenvalue weighted by atomic mass is 10.3. The van der Waals surface area contributed by atoms with E-state index in [2.05, 4.69) is 22.4 Å². The number of carbonyl (C=O) groups is 1. The van der Waals surface area contributed by atoms with E-state index < -0.39 is 0 Å². The van der Waals surface area contributed by atoms with Crippen molar-refractivity contribution in [2.75, 3.05) is 5.32 Å². The molecule has 7 heteroatoms. The molecule has 1 N–H and O–H groups in total. The first kappa shape index (κ1) is 16.7. The number of hydrogen-bond acceptors (Lipinski definition) is 6. The Kier molecular flexibility index (Phi) is 5.66. The van der Waals surface area contributed by atoms with Crippen LogP contribution in [0.25, 0.3) is 0 Å². The van der Waals surface area contributed by atoms with Crippen molar-refractivity contribution in [2.24, 2.45) is 0 Å². The Labute approximate surface area is 148 Å². The zero-order valence-electron chi connectivity index (χ0n) is 13.2. The predicted molar refractivity (Wildman–Crippen MR) is 96.6 cm³/mol. The van der Waals surface area contributed by atoms with Crippen LogP contribution < -0.4 is 5.32 Å². The molecule has 0 unspecified atom stereocenters. The highest BCUT2D eigenvalue weighted by Gasteiger charge is 2.17. The number of aryl methyl sites for hydroxylation is 1. The Bertz CT molecular complexity index is 799. The van der Waals surface area contributed by atoms with Gasteiger partial charge in [0.05, 0.1) is 6.26 Å². The number of carbonyl (C=O) groups excluding carboxylic acids is 1. The zero-order valence-corrected chi connectivity index (χ0v) is 14.8. The topological polar surface area (TPSA) is 68.0 Å². The van der Waals surface area contributed by atoms with Crippen LogP contribution in [0, 0.1) is 0 Å². The Morgan fingerprint density at radius 3 is 2.88 bits per heavy atom. The van der Waals surface area contributed by atoms with E-state index in [0.717, 1.165) is 28.3 Å². The second-order valence-corrected chi connectivity index (χ2v) is 7.19. The molecule has 3 rings (SSSR count). The minimum absolute atomic E-state index is 0.289. The molecule has 0 spiro atoms. The molecule has 0 aliphatic carbocycles. The van der Waals surface area contributed by atoms with Crippen LogP contribution in [-0.4, -0.2) is 16.1 Å². The van der Waals surface area contributed by atoms with Crippen molar-refractivity contribution in [3.05, 3.63) is 59.0 Å². The fourth-order valence-corrected chi connectivity index (χ4v) is 3.83. The summed E-state index contributed by atoms with van der Waals surface area (Å²) in [6.07, 6.45) is 3.41. The molecule has 124 valence electrons. The molecule has 0 radical (unpaired) electrons. The highest BCUT2D eigenvalue weighted by molar-refractivity contribution is 7.98. The molecule has 5 nitrogen and oxygen atoms in total. The summed E-state index contributed by atoms with van der Waals surface area (Å²) in [6.45, 7) is 2.08. The van der Waals surface area contributed by atoms with Crippen molar-refractivity contribution in [1.82, 2.24) is 10.2 Å².